The van der Waals surface area contributed by atoms with E-state index in [1.165, 1.54) is 0 Å². The lowest BCUT2D eigenvalue weighted by Crippen LogP contribution is -2.40. The van der Waals surface area contributed by atoms with E-state index in [9.17, 15) is 4.79 Å². The van der Waals surface area contributed by atoms with Gasteiger partial charge in [0.2, 0.25) is 5.91 Å². The van der Waals surface area contributed by atoms with Crippen LogP contribution in [0.5, 0.6) is 0 Å². The fourth-order valence-corrected chi connectivity index (χ4v) is 2.02. The van der Waals surface area contributed by atoms with E-state index in [0.717, 1.165) is 5.69 Å². The third kappa shape index (κ3) is 2.19. The second-order valence-corrected chi connectivity index (χ2v) is 4.05. The van der Waals surface area contributed by atoms with Gasteiger partial charge in [-0.15, -0.1) is 0 Å². The molecule has 0 radical (unpaired) electrons. The maximum absolute atomic E-state index is 11.7. The number of hydrazine groups is 1. The molecule has 4 nitrogen and oxygen atoms in total. The zero-order valence-electron chi connectivity index (χ0n) is 8.77. The van der Waals surface area contributed by atoms with Crippen molar-refractivity contribution in [3.63, 3.8) is 0 Å². The number of hydrogen-bond acceptors (Lipinski definition) is 3. The third-order valence-electron chi connectivity index (χ3n) is 2.51. The summed E-state index contributed by atoms with van der Waals surface area (Å²) in [6.07, 6.45) is 0.479. The van der Waals surface area contributed by atoms with E-state index in [2.05, 4.69) is 0 Å². The molecule has 0 unspecified atom stereocenters. The number of nitrogens with zero attached hydrogens (tertiary/aromatic N) is 2. The largest absolute Gasteiger partial charge is 0.395 e. The van der Waals surface area contributed by atoms with Crippen molar-refractivity contribution in [3.8, 4) is 0 Å². The van der Waals surface area contributed by atoms with Crippen molar-refractivity contribution >= 4 is 23.2 Å². The molecule has 0 aromatic heterocycles. The fourth-order valence-electron chi connectivity index (χ4n) is 1.83. The van der Waals surface area contributed by atoms with Crippen LogP contribution in [0.1, 0.15) is 6.42 Å². The first-order chi connectivity index (χ1) is 7.72. The molecule has 1 saturated heterocycles. The average molecular weight is 241 g/mol. The highest BCUT2D eigenvalue weighted by Crippen LogP contribution is 2.25. The maximum Gasteiger partial charge on any atom is 0.242 e. The SMILES string of the molecule is O=C1CCN(CCO)N1c1cccc(Cl)c1. The molecule has 0 atom stereocenters. The first-order valence-electron chi connectivity index (χ1n) is 5.16. The number of hydrogen-bond donors (Lipinski definition) is 1. The third-order valence-corrected chi connectivity index (χ3v) is 2.75. The van der Waals surface area contributed by atoms with Gasteiger partial charge < -0.3 is 5.11 Å². The Morgan fingerprint density at radius 3 is 2.94 bits per heavy atom. The van der Waals surface area contributed by atoms with Crippen LogP contribution in [0, 0.1) is 0 Å². The molecule has 2 rings (SSSR count). The van der Waals surface area contributed by atoms with E-state index in [1.54, 1.807) is 23.2 Å². The van der Waals surface area contributed by atoms with Gasteiger partial charge in [0.15, 0.2) is 0 Å². The number of aliphatic hydroxyl groups is 1. The number of β-amino-alcohol motifs (C(OH)–C–C–N with tert-alkyl or cyclic N) is 1. The summed E-state index contributed by atoms with van der Waals surface area (Å²) in [4.78, 5) is 11.7. The highest BCUT2D eigenvalue weighted by atomic mass is 35.5. The summed E-state index contributed by atoms with van der Waals surface area (Å²) in [6, 6.07) is 7.15. The van der Waals surface area contributed by atoms with Crippen LogP contribution in [-0.2, 0) is 4.79 Å². The average Bonchev–Trinajstić information content (AvgIpc) is 2.60. The molecule has 1 aliphatic heterocycles. The van der Waals surface area contributed by atoms with Crippen molar-refractivity contribution in [2.24, 2.45) is 0 Å². The molecule has 5 heteroatoms. The van der Waals surface area contributed by atoms with Crippen LogP contribution < -0.4 is 5.01 Å². The van der Waals surface area contributed by atoms with E-state index >= 15 is 0 Å². The number of aliphatic hydroxyl groups excluding tert-OH is 1. The number of amides is 1. The second kappa shape index (κ2) is 4.82. The van der Waals surface area contributed by atoms with E-state index in [-0.39, 0.29) is 12.5 Å². The monoisotopic (exact) mass is 240 g/mol. The van der Waals surface area contributed by atoms with E-state index in [1.807, 2.05) is 11.1 Å². The van der Waals surface area contributed by atoms with Gasteiger partial charge in [0.05, 0.1) is 12.3 Å². The van der Waals surface area contributed by atoms with Gasteiger partial charge in [0, 0.05) is 24.5 Å². The number of halogens is 1. The Hall–Kier alpha value is -1.10. The van der Waals surface area contributed by atoms with Crippen molar-refractivity contribution in [2.45, 2.75) is 6.42 Å². The second-order valence-electron chi connectivity index (χ2n) is 3.61. The lowest BCUT2D eigenvalue weighted by atomic mass is 10.3. The molecule has 1 amide bonds. The molecular formula is C11H13ClN2O2. The minimum absolute atomic E-state index is 0.0321. The van der Waals surface area contributed by atoms with Crippen LogP contribution in [0.25, 0.3) is 0 Å². The van der Waals surface area contributed by atoms with E-state index in [4.69, 9.17) is 16.7 Å². The predicted molar refractivity (Wildman–Crippen MR) is 62.2 cm³/mol. The maximum atomic E-state index is 11.7. The first kappa shape index (κ1) is 11.4. The molecular weight excluding hydrogens is 228 g/mol. The minimum Gasteiger partial charge on any atom is -0.395 e. The highest BCUT2D eigenvalue weighted by molar-refractivity contribution is 6.30. The molecule has 1 heterocycles. The summed E-state index contributed by atoms with van der Waals surface area (Å²) in [5, 5.41) is 12.9. The summed E-state index contributed by atoms with van der Waals surface area (Å²) in [5.74, 6) is 0.0377. The van der Waals surface area contributed by atoms with Gasteiger partial charge in [0.1, 0.15) is 0 Å². The van der Waals surface area contributed by atoms with Gasteiger partial charge >= 0.3 is 0 Å². The van der Waals surface area contributed by atoms with Gasteiger partial charge in [0.25, 0.3) is 0 Å². The van der Waals surface area contributed by atoms with Gasteiger partial charge in [-0.1, -0.05) is 17.7 Å². The van der Waals surface area contributed by atoms with Crippen LogP contribution >= 0.6 is 11.6 Å². The molecule has 1 fully saturated rings. The number of rotatable bonds is 3. The number of anilines is 1. The minimum atomic E-state index is 0.0321. The number of benzene rings is 1. The Morgan fingerprint density at radius 1 is 1.44 bits per heavy atom. The Bertz CT molecular complexity index is 397. The highest BCUT2D eigenvalue weighted by Gasteiger charge is 2.29. The molecule has 16 heavy (non-hydrogen) atoms. The normalized spacial score (nSPS) is 17.1. The summed E-state index contributed by atoms with van der Waals surface area (Å²) < 4.78 is 0. The Kier molecular flexibility index (Phi) is 3.43. The quantitative estimate of drug-likeness (QED) is 0.866. The molecule has 0 aliphatic carbocycles. The molecule has 1 aromatic carbocycles. The van der Waals surface area contributed by atoms with Crippen LogP contribution in [-0.4, -0.2) is 35.7 Å². The Morgan fingerprint density at radius 2 is 2.25 bits per heavy atom. The van der Waals surface area contributed by atoms with Crippen molar-refractivity contribution in [3.05, 3.63) is 29.3 Å². The number of carbonyl (C=O) groups excluding carboxylic acids is 1. The molecule has 0 spiro atoms. The van der Waals surface area contributed by atoms with Gasteiger partial charge in [-0.25, -0.2) is 10.0 Å². The summed E-state index contributed by atoms with van der Waals surface area (Å²) in [7, 11) is 0. The zero-order valence-corrected chi connectivity index (χ0v) is 9.52. The lowest BCUT2D eigenvalue weighted by Gasteiger charge is -2.27. The summed E-state index contributed by atoms with van der Waals surface area (Å²) >= 11 is 5.89. The predicted octanol–water partition coefficient (Wildman–Crippen LogP) is 1.29. The van der Waals surface area contributed by atoms with E-state index < -0.39 is 0 Å². The zero-order chi connectivity index (χ0) is 11.5. The molecule has 0 saturated carbocycles. The lowest BCUT2D eigenvalue weighted by molar-refractivity contribution is -0.118. The van der Waals surface area contributed by atoms with Crippen LogP contribution in [0.15, 0.2) is 24.3 Å². The summed E-state index contributed by atoms with van der Waals surface area (Å²) in [6.45, 7) is 1.13. The first-order valence-corrected chi connectivity index (χ1v) is 5.54. The molecule has 1 aromatic rings. The van der Waals surface area contributed by atoms with Crippen molar-refractivity contribution in [1.29, 1.82) is 0 Å². The standard InChI is InChI=1S/C11H13ClN2O2/c12-9-2-1-3-10(8-9)14-11(16)4-5-13(14)6-7-15/h1-3,8,15H,4-7H2. The topological polar surface area (TPSA) is 43.8 Å². The van der Waals surface area contributed by atoms with Crippen LogP contribution in [0.4, 0.5) is 5.69 Å². The van der Waals surface area contributed by atoms with Crippen LogP contribution in [0.3, 0.4) is 0 Å². The van der Waals surface area contributed by atoms with Gasteiger partial charge in [-0.3, -0.25) is 4.79 Å². The molecule has 86 valence electrons. The van der Waals surface area contributed by atoms with Crippen LogP contribution in [0.2, 0.25) is 5.02 Å². The van der Waals surface area contributed by atoms with Gasteiger partial charge in [-0.05, 0) is 18.2 Å². The molecule has 0 bridgehead atoms. The van der Waals surface area contributed by atoms with Crippen molar-refractivity contribution < 1.29 is 9.90 Å². The molecule has 1 N–H and O–H groups in total. The number of carbonyl (C=O) groups is 1. The van der Waals surface area contributed by atoms with Gasteiger partial charge in [-0.2, -0.15) is 0 Å². The summed E-state index contributed by atoms with van der Waals surface area (Å²) in [5.41, 5.74) is 0.753. The fraction of sp³-hybridized carbons (Fsp3) is 0.364. The smallest absolute Gasteiger partial charge is 0.242 e. The van der Waals surface area contributed by atoms with Crippen molar-refractivity contribution in [2.75, 3.05) is 24.7 Å². The Balaban J connectivity index is 2.26. The molecule has 1 aliphatic rings. The van der Waals surface area contributed by atoms with E-state index in [0.29, 0.717) is 24.5 Å². The van der Waals surface area contributed by atoms with Crippen molar-refractivity contribution in [1.82, 2.24) is 5.01 Å². The Labute approximate surface area is 99.0 Å².